The first-order valence-corrected chi connectivity index (χ1v) is 6.01. The van der Waals surface area contributed by atoms with E-state index in [1.54, 1.807) is 6.07 Å². The lowest BCUT2D eigenvalue weighted by molar-refractivity contribution is -0.139. The van der Waals surface area contributed by atoms with E-state index in [1.807, 2.05) is 0 Å². The van der Waals surface area contributed by atoms with Gasteiger partial charge in [0.1, 0.15) is 17.9 Å². The minimum absolute atomic E-state index is 0.105. The molecule has 1 aromatic carbocycles. The van der Waals surface area contributed by atoms with Gasteiger partial charge in [0, 0.05) is 0 Å². The summed E-state index contributed by atoms with van der Waals surface area (Å²) in [5.74, 6) is -0.488. The highest BCUT2D eigenvalue weighted by Crippen LogP contribution is 2.37. The summed E-state index contributed by atoms with van der Waals surface area (Å²) in [7, 11) is -1.29. The number of hydrogen-bond acceptors (Lipinski definition) is 5. The molecular weight excluding hydrogens is 288 g/mol. The monoisotopic (exact) mass is 300 g/mol. The summed E-state index contributed by atoms with van der Waals surface area (Å²) in [6.07, 6.45) is -4.63. The molecule has 0 amide bonds. The highest BCUT2D eigenvalue weighted by molar-refractivity contribution is 6.61. The van der Waals surface area contributed by atoms with Gasteiger partial charge in [-0.25, -0.2) is 0 Å². The van der Waals surface area contributed by atoms with Gasteiger partial charge in [0.25, 0.3) is 0 Å². The third-order valence-corrected chi connectivity index (χ3v) is 2.99. The van der Waals surface area contributed by atoms with Crippen molar-refractivity contribution in [2.24, 2.45) is 5.73 Å². The summed E-state index contributed by atoms with van der Waals surface area (Å²) in [4.78, 5) is 0. The van der Waals surface area contributed by atoms with Crippen LogP contribution in [-0.4, -0.2) is 24.3 Å². The van der Waals surface area contributed by atoms with Crippen LogP contribution in [-0.2, 0) is 17.4 Å². The van der Waals surface area contributed by atoms with Crippen molar-refractivity contribution < 1.29 is 27.6 Å². The quantitative estimate of drug-likeness (QED) is 0.796. The Morgan fingerprint density at radius 3 is 2.76 bits per heavy atom. The molecule has 0 saturated heterocycles. The molecule has 1 aromatic rings. The average molecular weight is 300 g/mol. The SMILES string of the molecule is CC(N)(C#N)COc1cc2c(cc1C(F)(F)F)COB2O. The summed E-state index contributed by atoms with van der Waals surface area (Å²) in [6, 6.07) is 3.68. The summed E-state index contributed by atoms with van der Waals surface area (Å²) in [5.41, 5.74) is 3.57. The number of benzene rings is 1. The van der Waals surface area contributed by atoms with E-state index in [-0.39, 0.29) is 17.6 Å². The zero-order valence-electron chi connectivity index (χ0n) is 11.1. The first-order chi connectivity index (χ1) is 9.64. The fourth-order valence-electron chi connectivity index (χ4n) is 1.85. The predicted octanol–water partition coefficient (Wildman–Crippen LogP) is 0.543. The Balaban J connectivity index is 2.39. The minimum atomic E-state index is -4.63. The van der Waals surface area contributed by atoms with Crippen molar-refractivity contribution >= 4 is 12.6 Å². The zero-order chi connectivity index (χ0) is 15.8. The number of hydrogen-bond donors (Lipinski definition) is 2. The highest BCUT2D eigenvalue weighted by Gasteiger charge is 2.38. The van der Waals surface area contributed by atoms with Crippen LogP contribution >= 0.6 is 0 Å². The third kappa shape index (κ3) is 3.29. The maximum atomic E-state index is 13.0. The number of rotatable bonds is 3. The van der Waals surface area contributed by atoms with E-state index in [4.69, 9.17) is 20.4 Å². The Kier molecular flexibility index (Phi) is 3.88. The van der Waals surface area contributed by atoms with Gasteiger partial charge in [0.2, 0.25) is 0 Å². The molecule has 0 bridgehead atoms. The number of nitrogens with two attached hydrogens (primary N) is 1. The summed E-state index contributed by atoms with van der Waals surface area (Å²) in [6.45, 7) is 0.820. The molecule has 1 aliphatic heterocycles. The Bertz CT molecular complexity index is 599. The maximum absolute atomic E-state index is 13.0. The molecule has 0 aromatic heterocycles. The molecule has 0 saturated carbocycles. The first kappa shape index (κ1) is 15.6. The molecule has 0 fully saturated rings. The van der Waals surface area contributed by atoms with Crippen LogP contribution in [0.3, 0.4) is 0 Å². The van der Waals surface area contributed by atoms with Gasteiger partial charge in [-0.05, 0) is 30.1 Å². The van der Waals surface area contributed by atoms with E-state index in [9.17, 15) is 18.2 Å². The maximum Gasteiger partial charge on any atom is 0.491 e. The second-order valence-corrected chi connectivity index (χ2v) is 5.03. The molecule has 112 valence electrons. The lowest BCUT2D eigenvalue weighted by Gasteiger charge is -2.20. The van der Waals surface area contributed by atoms with E-state index in [0.29, 0.717) is 0 Å². The van der Waals surface area contributed by atoms with Crippen LogP contribution in [0.15, 0.2) is 12.1 Å². The van der Waals surface area contributed by atoms with Crippen LogP contribution in [0.2, 0.25) is 0 Å². The topological polar surface area (TPSA) is 88.5 Å². The Labute approximate surface area is 119 Å². The molecule has 0 aliphatic carbocycles. The van der Waals surface area contributed by atoms with Gasteiger partial charge in [0.05, 0.1) is 18.2 Å². The van der Waals surface area contributed by atoms with Crippen LogP contribution in [0.1, 0.15) is 18.1 Å². The number of fused-ring (bicyclic) bond motifs is 1. The molecule has 3 N–H and O–H groups in total. The van der Waals surface area contributed by atoms with Crippen molar-refractivity contribution in [1.29, 1.82) is 5.26 Å². The summed E-state index contributed by atoms with van der Waals surface area (Å²) >= 11 is 0. The van der Waals surface area contributed by atoms with Crippen LogP contribution in [0.5, 0.6) is 5.75 Å². The molecule has 21 heavy (non-hydrogen) atoms. The van der Waals surface area contributed by atoms with Crippen LogP contribution in [0.25, 0.3) is 0 Å². The normalized spacial score (nSPS) is 17.1. The van der Waals surface area contributed by atoms with E-state index in [0.717, 1.165) is 12.1 Å². The van der Waals surface area contributed by atoms with Gasteiger partial charge in [0.15, 0.2) is 0 Å². The molecule has 1 heterocycles. The Hall–Kier alpha value is -1.76. The van der Waals surface area contributed by atoms with Crippen molar-refractivity contribution in [3.05, 3.63) is 23.3 Å². The molecule has 0 spiro atoms. The standard InChI is InChI=1S/C12H12BF3N2O3/c1-11(18,5-17)6-20-10-3-9-7(4-21-13(9)19)2-8(10)12(14,15)16/h2-3,19H,4,6,18H2,1H3. The Morgan fingerprint density at radius 2 is 2.19 bits per heavy atom. The molecule has 9 heteroatoms. The second kappa shape index (κ2) is 5.22. The molecule has 5 nitrogen and oxygen atoms in total. The van der Waals surface area contributed by atoms with Gasteiger partial charge in [-0.15, -0.1) is 0 Å². The number of nitrogens with zero attached hydrogens (tertiary/aromatic N) is 1. The lowest BCUT2D eigenvalue weighted by Crippen LogP contribution is -2.41. The van der Waals surface area contributed by atoms with E-state index in [2.05, 4.69) is 0 Å². The summed E-state index contributed by atoms with van der Waals surface area (Å²) < 4.78 is 49.0. The van der Waals surface area contributed by atoms with Crippen LogP contribution in [0.4, 0.5) is 13.2 Å². The molecule has 2 rings (SSSR count). The van der Waals surface area contributed by atoms with Crippen molar-refractivity contribution in [2.45, 2.75) is 25.2 Å². The van der Waals surface area contributed by atoms with Gasteiger partial charge in [-0.3, -0.25) is 0 Å². The minimum Gasteiger partial charge on any atom is -0.490 e. The number of alkyl halides is 3. The molecule has 0 radical (unpaired) electrons. The number of nitriles is 1. The largest absolute Gasteiger partial charge is 0.491 e. The number of ether oxygens (including phenoxy) is 1. The Morgan fingerprint density at radius 1 is 1.52 bits per heavy atom. The predicted molar refractivity (Wildman–Crippen MR) is 67.5 cm³/mol. The van der Waals surface area contributed by atoms with E-state index < -0.39 is 36.8 Å². The second-order valence-electron chi connectivity index (χ2n) is 5.03. The molecular formula is C12H12BF3N2O3. The number of halogens is 3. The zero-order valence-corrected chi connectivity index (χ0v) is 11.1. The van der Waals surface area contributed by atoms with E-state index >= 15 is 0 Å². The van der Waals surface area contributed by atoms with Crippen molar-refractivity contribution in [3.63, 3.8) is 0 Å². The highest BCUT2D eigenvalue weighted by atomic mass is 19.4. The van der Waals surface area contributed by atoms with Gasteiger partial charge < -0.3 is 20.1 Å². The van der Waals surface area contributed by atoms with Gasteiger partial charge in [-0.1, -0.05) is 0 Å². The summed E-state index contributed by atoms with van der Waals surface area (Å²) in [5, 5.41) is 18.3. The average Bonchev–Trinajstić information content (AvgIpc) is 2.76. The first-order valence-electron chi connectivity index (χ1n) is 6.01. The molecule has 1 atom stereocenters. The fourth-order valence-corrected chi connectivity index (χ4v) is 1.85. The van der Waals surface area contributed by atoms with Gasteiger partial charge in [-0.2, -0.15) is 18.4 Å². The van der Waals surface area contributed by atoms with Crippen molar-refractivity contribution in [1.82, 2.24) is 0 Å². The van der Waals surface area contributed by atoms with E-state index in [1.165, 1.54) is 6.92 Å². The molecule has 1 unspecified atom stereocenters. The van der Waals surface area contributed by atoms with Crippen molar-refractivity contribution in [2.75, 3.05) is 6.61 Å². The lowest BCUT2D eigenvalue weighted by atomic mass is 9.79. The van der Waals surface area contributed by atoms with Crippen LogP contribution in [0, 0.1) is 11.3 Å². The smallest absolute Gasteiger partial charge is 0.490 e. The van der Waals surface area contributed by atoms with Crippen LogP contribution < -0.4 is 15.9 Å². The molecule has 1 aliphatic rings. The third-order valence-electron chi connectivity index (χ3n) is 2.99. The fraction of sp³-hybridized carbons (Fsp3) is 0.417. The van der Waals surface area contributed by atoms with Crippen molar-refractivity contribution in [3.8, 4) is 11.8 Å². The van der Waals surface area contributed by atoms with Gasteiger partial charge >= 0.3 is 13.3 Å².